The lowest BCUT2D eigenvalue weighted by atomic mass is 9.86. The lowest BCUT2D eigenvalue weighted by Crippen LogP contribution is -2.31. The van der Waals surface area contributed by atoms with Crippen molar-refractivity contribution in [3.8, 4) is 0 Å². The van der Waals surface area contributed by atoms with Crippen molar-refractivity contribution in [1.29, 1.82) is 0 Å². The van der Waals surface area contributed by atoms with Crippen LogP contribution in [0.15, 0.2) is 52.4 Å². The van der Waals surface area contributed by atoms with E-state index < -0.39 is 29.0 Å². The number of halogens is 2. The number of hydrogen-bond acceptors (Lipinski definition) is 4. The minimum absolute atomic E-state index is 0.0337. The maximum atomic E-state index is 14.3. The van der Waals surface area contributed by atoms with E-state index in [-0.39, 0.29) is 23.4 Å². The lowest BCUT2D eigenvalue weighted by Gasteiger charge is -2.24. The summed E-state index contributed by atoms with van der Waals surface area (Å²) in [6, 6.07) is 11.7. The second kappa shape index (κ2) is 7.79. The Labute approximate surface area is 169 Å². The first-order valence-corrected chi connectivity index (χ1v) is 9.97. The number of thioether (sulfide) groups is 1. The first-order chi connectivity index (χ1) is 13.9. The second-order valence-electron chi connectivity index (χ2n) is 6.86. The number of carbonyl (C=O) groups excluding carboxylic acids is 1. The van der Waals surface area contributed by atoms with E-state index in [1.165, 1.54) is 23.9 Å². The van der Waals surface area contributed by atoms with Gasteiger partial charge in [0.25, 0.3) is 5.56 Å². The SMILES string of the molecule is Cc1cccc(CSc2nc3c(c(=O)[nH]2)C(c2cccc(F)c2F)CC(=O)N3)c1. The van der Waals surface area contributed by atoms with Crippen molar-refractivity contribution in [2.24, 2.45) is 0 Å². The van der Waals surface area contributed by atoms with Crippen LogP contribution in [0.3, 0.4) is 0 Å². The predicted molar refractivity (Wildman–Crippen MR) is 107 cm³/mol. The Balaban J connectivity index is 1.69. The summed E-state index contributed by atoms with van der Waals surface area (Å²) in [4.78, 5) is 32.0. The van der Waals surface area contributed by atoms with Crippen LogP contribution in [0.4, 0.5) is 14.6 Å². The van der Waals surface area contributed by atoms with Crippen LogP contribution in [0.1, 0.15) is 34.6 Å². The number of amides is 1. The van der Waals surface area contributed by atoms with Crippen LogP contribution in [-0.2, 0) is 10.5 Å². The molecule has 0 bridgehead atoms. The highest BCUT2D eigenvalue weighted by Gasteiger charge is 2.33. The Bertz CT molecular complexity index is 1160. The minimum atomic E-state index is -1.06. The number of rotatable bonds is 4. The Morgan fingerprint density at radius 1 is 1.17 bits per heavy atom. The molecule has 1 aromatic heterocycles. The normalized spacial score (nSPS) is 15.7. The highest BCUT2D eigenvalue weighted by molar-refractivity contribution is 7.98. The summed E-state index contributed by atoms with van der Waals surface area (Å²) in [5.74, 6) is -2.72. The Hall–Kier alpha value is -3.00. The third-order valence-electron chi connectivity index (χ3n) is 4.74. The Morgan fingerprint density at radius 2 is 1.97 bits per heavy atom. The molecular formula is C21H17F2N3O2S. The third kappa shape index (κ3) is 3.93. The number of aromatic amines is 1. The van der Waals surface area contributed by atoms with Gasteiger partial charge in [0.15, 0.2) is 16.8 Å². The van der Waals surface area contributed by atoms with Crippen molar-refractivity contribution < 1.29 is 13.6 Å². The van der Waals surface area contributed by atoms with Gasteiger partial charge < -0.3 is 10.3 Å². The smallest absolute Gasteiger partial charge is 0.257 e. The largest absolute Gasteiger partial charge is 0.310 e. The zero-order valence-corrected chi connectivity index (χ0v) is 16.3. The molecule has 5 nitrogen and oxygen atoms in total. The van der Waals surface area contributed by atoms with Gasteiger partial charge >= 0.3 is 0 Å². The zero-order valence-electron chi connectivity index (χ0n) is 15.5. The van der Waals surface area contributed by atoms with E-state index in [0.29, 0.717) is 10.9 Å². The van der Waals surface area contributed by atoms with Crippen LogP contribution in [0.25, 0.3) is 0 Å². The summed E-state index contributed by atoms with van der Waals surface area (Å²) in [6.07, 6.45) is -0.159. The number of hydrogen-bond donors (Lipinski definition) is 2. The molecular weight excluding hydrogens is 396 g/mol. The highest BCUT2D eigenvalue weighted by atomic mass is 32.2. The molecule has 0 aliphatic carbocycles. The molecule has 8 heteroatoms. The number of aromatic nitrogens is 2. The molecule has 1 amide bonds. The van der Waals surface area contributed by atoms with E-state index in [4.69, 9.17) is 0 Å². The molecule has 1 aliphatic heterocycles. The quantitative estimate of drug-likeness (QED) is 0.498. The maximum absolute atomic E-state index is 14.3. The molecule has 0 spiro atoms. The van der Waals surface area contributed by atoms with Gasteiger partial charge in [-0.2, -0.15) is 0 Å². The molecule has 4 rings (SSSR count). The van der Waals surface area contributed by atoms with Crippen molar-refractivity contribution in [1.82, 2.24) is 9.97 Å². The minimum Gasteiger partial charge on any atom is -0.310 e. The molecule has 3 aromatic rings. The van der Waals surface area contributed by atoms with Gasteiger partial charge in [-0.3, -0.25) is 9.59 Å². The summed E-state index contributed by atoms with van der Waals surface area (Å²) in [5, 5.41) is 2.93. The average Bonchev–Trinajstić information content (AvgIpc) is 2.67. The van der Waals surface area contributed by atoms with Gasteiger partial charge in [0.1, 0.15) is 5.82 Å². The van der Waals surface area contributed by atoms with Crippen molar-refractivity contribution in [3.05, 3.63) is 86.7 Å². The van der Waals surface area contributed by atoms with Crippen LogP contribution < -0.4 is 10.9 Å². The van der Waals surface area contributed by atoms with Gasteiger partial charge in [-0.05, 0) is 24.1 Å². The van der Waals surface area contributed by atoms with Crippen molar-refractivity contribution in [3.63, 3.8) is 0 Å². The van der Waals surface area contributed by atoms with Gasteiger partial charge in [0, 0.05) is 18.1 Å². The Morgan fingerprint density at radius 3 is 2.76 bits per heavy atom. The number of nitrogens with zero attached hydrogens (tertiary/aromatic N) is 1. The fourth-order valence-electron chi connectivity index (χ4n) is 3.43. The number of H-pyrrole nitrogens is 1. The molecule has 0 radical (unpaired) electrons. The molecule has 29 heavy (non-hydrogen) atoms. The summed E-state index contributed by atoms with van der Waals surface area (Å²) < 4.78 is 28.0. The number of carbonyl (C=O) groups is 1. The predicted octanol–water partition coefficient (Wildman–Crippen LogP) is 4.12. The Kier molecular flexibility index (Phi) is 5.19. The molecule has 2 N–H and O–H groups in total. The molecule has 1 atom stereocenters. The maximum Gasteiger partial charge on any atom is 0.257 e. The van der Waals surface area contributed by atoms with Crippen LogP contribution in [0, 0.1) is 18.6 Å². The molecule has 2 heterocycles. The van der Waals surface area contributed by atoms with Crippen molar-refractivity contribution in [2.75, 3.05) is 5.32 Å². The highest BCUT2D eigenvalue weighted by Crippen LogP contribution is 2.36. The standard InChI is InChI=1S/C21H17F2N3O2S/c1-11-4-2-5-12(8-11)10-29-21-25-19-17(20(28)26-21)14(9-16(27)24-19)13-6-3-7-15(22)18(13)23/h2-8,14H,9-10H2,1H3,(H2,24,25,26,27,28). The van der Waals surface area contributed by atoms with Gasteiger partial charge in [0.2, 0.25) is 5.91 Å². The van der Waals surface area contributed by atoms with E-state index in [2.05, 4.69) is 15.3 Å². The van der Waals surface area contributed by atoms with E-state index in [0.717, 1.165) is 17.2 Å². The van der Waals surface area contributed by atoms with Gasteiger partial charge in [-0.25, -0.2) is 13.8 Å². The summed E-state index contributed by atoms with van der Waals surface area (Å²) in [7, 11) is 0. The van der Waals surface area contributed by atoms with E-state index in [9.17, 15) is 18.4 Å². The van der Waals surface area contributed by atoms with Crippen LogP contribution in [-0.4, -0.2) is 15.9 Å². The zero-order chi connectivity index (χ0) is 20.5. The summed E-state index contributed by atoms with van der Waals surface area (Å²) in [5.41, 5.74) is 1.82. The van der Waals surface area contributed by atoms with Gasteiger partial charge in [-0.15, -0.1) is 0 Å². The number of fused-ring (bicyclic) bond motifs is 1. The van der Waals surface area contributed by atoms with E-state index in [1.54, 1.807) is 0 Å². The van der Waals surface area contributed by atoms with Crippen LogP contribution in [0.2, 0.25) is 0 Å². The molecule has 2 aromatic carbocycles. The fraction of sp³-hybridized carbons (Fsp3) is 0.190. The fourth-order valence-corrected chi connectivity index (χ4v) is 4.23. The third-order valence-corrected chi connectivity index (χ3v) is 5.69. The molecule has 0 fully saturated rings. The first kappa shape index (κ1) is 19.3. The second-order valence-corrected chi connectivity index (χ2v) is 7.82. The van der Waals surface area contributed by atoms with Crippen LogP contribution in [0.5, 0.6) is 0 Å². The van der Waals surface area contributed by atoms with Crippen LogP contribution >= 0.6 is 11.8 Å². The van der Waals surface area contributed by atoms with Gasteiger partial charge in [0.05, 0.1) is 5.56 Å². The van der Waals surface area contributed by atoms with Crippen molar-refractivity contribution >= 4 is 23.5 Å². The molecule has 1 unspecified atom stereocenters. The molecule has 148 valence electrons. The summed E-state index contributed by atoms with van der Waals surface area (Å²) in [6.45, 7) is 1.99. The summed E-state index contributed by atoms with van der Waals surface area (Å²) >= 11 is 1.32. The molecule has 0 saturated carbocycles. The topological polar surface area (TPSA) is 74.8 Å². The van der Waals surface area contributed by atoms with E-state index in [1.807, 2.05) is 31.2 Å². The first-order valence-electron chi connectivity index (χ1n) is 8.98. The van der Waals surface area contributed by atoms with E-state index >= 15 is 0 Å². The van der Waals surface area contributed by atoms with Gasteiger partial charge in [-0.1, -0.05) is 53.7 Å². The number of anilines is 1. The molecule has 0 saturated heterocycles. The number of benzene rings is 2. The number of nitrogens with one attached hydrogen (secondary N) is 2. The lowest BCUT2D eigenvalue weighted by molar-refractivity contribution is -0.116. The molecule has 1 aliphatic rings. The average molecular weight is 413 g/mol. The van der Waals surface area contributed by atoms with Crippen molar-refractivity contribution in [2.45, 2.75) is 30.2 Å². The monoisotopic (exact) mass is 413 g/mol. The number of aryl methyl sites for hydroxylation is 1.